The number of rotatable bonds is 15. The molecule has 0 bridgehead atoms. The zero-order valence-corrected chi connectivity index (χ0v) is 20.6. The van der Waals surface area contributed by atoms with Gasteiger partial charge in [0, 0.05) is 10.5 Å². The monoisotopic (exact) mass is 436 g/mol. The lowest BCUT2D eigenvalue weighted by Crippen LogP contribution is -1.94. The van der Waals surface area contributed by atoms with Gasteiger partial charge in [-0.15, -0.1) is 11.8 Å². The zero-order valence-electron chi connectivity index (χ0n) is 19.8. The fraction of sp³-hybridized carbons (Fsp3) is 0.483. The first-order valence-corrected chi connectivity index (χ1v) is 13.1. The van der Waals surface area contributed by atoms with Gasteiger partial charge in [0.25, 0.3) is 0 Å². The van der Waals surface area contributed by atoms with Crippen molar-refractivity contribution in [2.75, 3.05) is 5.75 Å². The number of aryl methyl sites for hydroxylation is 2. The maximum absolute atomic E-state index is 12.4. The van der Waals surface area contributed by atoms with Crippen molar-refractivity contribution in [3.8, 4) is 0 Å². The van der Waals surface area contributed by atoms with Gasteiger partial charge in [-0.1, -0.05) is 89.0 Å². The molecule has 1 nitrogen and oxygen atoms in total. The van der Waals surface area contributed by atoms with Crippen molar-refractivity contribution in [1.82, 2.24) is 0 Å². The summed E-state index contributed by atoms with van der Waals surface area (Å²) in [4.78, 5) is 13.7. The molecule has 0 unspecified atom stereocenters. The highest BCUT2D eigenvalue weighted by Crippen LogP contribution is 2.21. The van der Waals surface area contributed by atoms with Gasteiger partial charge in [-0.2, -0.15) is 0 Å². The number of ketones is 1. The SMILES string of the molecule is CCCCCCCCCCCCSc1ccc(C(=O)C=Cc2ccc(C)c(C)c2)cc1. The molecule has 2 rings (SSSR count). The second kappa shape index (κ2) is 15.1. The van der Waals surface area contributed by atoms with Crippen molar-refractivity contribution in [1.29, 1.82) is 0 Å². The van der Waals surface area contributed by atoms with Crippen molar-refractivity contribution in [3.05, 3.63) is 70.8 Å². The van der Waals surface area contributed by atoms with E-state index in [4.69, 9.17) is 0 Å². The molecule has 0 aliphatic carbocycles. The average Bonchev–Trinajstić information content (AvgIpc) is 2.78. The average molecular weight is 437 g/mol. The summed E-state index contributed by atoms with van der Waals surface area (Å²) in [5.41, 5.74) is 4.34. The third kappa shape index (κ3) is 10.4. The molecule has 0 atom stereocenters. The van der Waals surface area contributed by atoms with E-state index in [1.165, 1.54) is 80.2 Å². The van der Waals surface area contributed by atoms with Crippen LogP contribution in [0.25, 0.3) is 6.08 Å². The Balaban J connectivity index is 1.62. The van der Waals surface area contributed by atoms with Crippen molar-refractivity contribution < 1.29 is 4.79 Å². The molecular formula is C29H40OS. The first kappa shape index (κ1) is 25.5. The van der Waals surface area contributed by atoms with Gasteiger partial charge in [-0.05, 0) is 73.1 Å². The molecule has 0 saturated carbocycles. The summed E-state index contributed by atoms with van der Waals surface area (Å²) in [6, 6.07) is 14.3. The Bertz CT molecular complexity index is 804. The molecule has 168 valence electrons. The van der Waals surface area contributed by atoms with E-state index in [2.05, 4.69) is 51.1 Å². The van der Waals surface area contributed by atoms with E-state index in [1.807, 2.05) is 30.0 Å². The van der Waals surface area contributed by atoms with E-state index >= 15 is 0 Å². The number of thioether (sulfide) groups is 1. The summed E-state index contributed by atoms with van der Waals surface area (Å²) >= 11 is 1.90. The molecule has 0 aliphatic heterocycles. The Morgan fingerprint density at radius 1 is 0.774 bits per heavy atom. The smallest absolute Gasteiger partial charge is 0.185 e. The van der Waals surface area contributed by atoms with Crippen LogP contribution in [-0.2, 0) is 0 Å². The van der Waals surface area contributed by atoms with E-state index in [-0.39, 0.29) is 5.78 Å². The Kier molecular flexibility index (Phi) is 12.4. The van der Waals surface area contributed by atoms with E-state index in [1.54, 1.807) is 6.08 Å². The van der Waals surface area contributed by atoms with Gasteiger partial charge in [0.2, 0.25) is 0 Å². The van der Waals surface area contributed by atoms with Gasteiger partial charge in [0.05, 0.1) is 0 Å². The Morgan fingerprint density at radius 3 is 2.00 bits per heavy atom. The third-order valence-electron chi connectivity index (χ3n) is 5.86. The van der Waals surface area contributed by atoms with Crippen LogP contribution in [0.5, 0.6) is 0 Å². The number of allylic oxidation sites excluding steroid dienone is 1. The zero-order chi connectivity index (χ0) is 22.3. The molecule has 2 aromatic rings. The van der Waals surface area contributed by atoms with Crippen LogP contribution >= 0.6 is 11.8 Å². The molecule has 2 aromatic carbocycles. The molecule has 0 saturated heterocycles. The molecule has 0 heterocycles. The van der Waals surface area contributed by atoms with Crippen LogP contribution in [0.15, 0.2) is 53.4 Å². The predicted molar refractivity (Wildman–Crippen MR) is 138 cm³/mol. The van der Waals surface area contributed by atoms with Crippen molar-refractivity contribution in [2.24, 2.45) is 0 Å². The van der Waals surface area contributed by atoms with Crippen LogP contribution in [0.3, 0.4) is 0 Å². The molecule has 31 heavy (non-hydrogen) atoms. The largest absolute Gasteiger partial charge is 0.289 e. The summed E-state index contributed by atoms with van der Waals surface area (Å²) in [6.07, 6.45) is 17.4. The lowest BCUT2D eigenvalue weighted by atomic mass is 10.0. The normalized spacial score (nSPS) is 11.3. The number of hydrogen-bond acceptors (Lipinski definition) is 2. The van der Waals surface area contributed by atoms with Crippen molar-refractivity contribution >= 4 is 23.6 Å². The predicted octanol–water partition coefficient (Wildman–Crippen LogP) is 9.21. The molecule has 0 aromatic heterocycles. The molecule has 0 spiro atoms. The van der Waals surface area contributed by atoms with E-state index < -0.39 is 0 Å². The Morgan fingerprint density at radius 2 is 1.39 bits per heavy atom. The summed E-state index contributed by atoms with van der Waals surface area (Å²) in [5, 5.41) is 0. The summed E-state index contributed by atoms with van der Waals surface area (Å²) in [6.45, 7) is 6.47. The second-order valence-corrected chi connectivity index (χ2v) is 9.76. The minimum Gasteiger partial charge on any atom is -0.289 e. The number of hydrogen-bond donors (Lipinski definition) is 0. The van der Waals surface area contributed by atoms with Crippen LogP contribution in [0, 0.1) is 13.8 Å². The van der Waals surface area contributed by atoms with Gasteiger partial charge in [-0.25, -0.2) is 0 Å². The number of benzene rings is 2. The molecular weight excluding hydrogens is 396 g/mol. The van der Waals surface area contributed by atoms with E-state index in [0.717, 1.165) is 16.9 Å². The van der Waals surface area contributed by atoms with Crippen molar-refractivity contribution in [2.45, 2.75) is 89.9 Å². The van der Waals surface area contributed by atoms with Gasteiger partial charge < -0.3 is 0 Å². The fourth-order valence-corrected chi connectivity index (χ4v) is 4.54. The molecule has 0 amide bonds. The first-order valence-electron chi connectivity index (χ1n) is 12.1. The molecule has 0 radical (unpaired) electrons. The lowest BCUT2D eigenvalue weighted by molar-refractivity contribution is 0.104. The highest BCUT2D eigenvalue weighted by atomic mass is 32.2. The quantitative estimate of drug-likeness (QED) is 0.120. The topological polar surface area (TPSA) is 17.1 Å². The summed E-state index contributed by atoms with van der Waals surface area (Å²) in [7, 11) is 0. The number of carbonyl (C=O) groups excluding carboxylic acids is 1. The molecule has 2 heteroatoms. The van der Waals surface area contributed by atoms with Crippen LogP contribution in [0.4, 0.5) is 0 Å². The van der Waals surface area contributed by atoms with Gasteiger partial charge in [0.15, 0.2) is 5.78 Å². The first-order chi connectivity index (χ1) is 15.1. The molecule has 0 N–H and O–H groups in total. The van der Waals surface area contributed by atoms with Crippen molar-refractivity contribution in [3.63, 3.8) is 0 Å². The number of unbranched alkanes of at least 4 members (excludes halogenated alkanes) is 9. The Hall–Kier alpha value is -1.80. The fourth-order valence-electron chi connectivity index (χ4n) is 3.63. The van der Waals surface area contributed by atoms with E-state index in [9.17, 15) is 4.79 Å². The minimum absolute atomic E-state index is 0.0597. The van der Waals surface area contributed by atoms with Crippen LogP contribution in [-0.4, -0.2) is 11.5 Å². The van der Waals surface area contributed by atoms with Crippen LogP contribution in [0.2, 0.25) is 0 Å². The highest BCUT2D eigenvalue weighted by Gasteiger charge is 2.03. The minimum atomic E-state index is 0.0597. The summed E-state index contributed by atoms with van der Waals surface area (Å²) in [5.74, 6) is 1.22. The van der Waals surface area contributed by atoms with Crippen LogP contribution < -0.4 is 0 Å². The van der Waals surface area contributed by atoms with Gasteiger partial charge in [0.1, 0.15) is 0 Å². The van der Waals surface area contributed by atoms with Gasteiger partial charge in [-0.3, -0.25) is 4.79 Å². The maximum Gasteiger partial charge on any atom is 0.185 e. The summed E-state index contributed by atoms with van der Waals surface area (Å²) < 4.78 is 0. The maximum atomic E-state index is 12.4. The highest BCUT2D eigenvalue weighted by molar-refractivity contribution is 7.99. The standard InChI is InChI=1S/C29H40OS/c1-4-5-6-7-8-9-10-11-12-13-22-31-28-19-17-27(18-20-28)29(30)21-16-26-15-14-24(2)25(3)23-26/h14-21,23H,4-13,22H2,1-3H3. The molecule has 0 fully saturated rings. The molecule has 0 aliphatic rings. The van der Waals surface area contributed by atoms with Crippen LogP contribution in [0.1, 0.15) is 98.2 Å². The lowest BCUT2D eigenvalue weighted by Gasteiger charge is -2.04. The Labute approximate surface area is 194 Å². The third-order valence-corrected chi connectivity index (χ3v) is 6.96. The number of carbonyl (C=O) groups is 1. The van der Waals surface area contributed by atoms with E-state index in [0.29, 0.717) is 0 Å². The second-order valence-electron chi connectivity index (χ2n) is 8.60. The van der Waals surface area contributed by atoms with Gasteiger partial charge >= 0.3 is 0 Å².